The van der Waals surface area contributed by atoms with Gasteiger partial charge in [-0.3, -0.25) is 0 Å². The molecule has 2 aliphatic heterocycles. The highest BCUT2D eigenvalue weighted by Crippen LogP contribution is 2.52. The molecule has 2 aliphatic rings. The number of nitrogens with zero attached hydrogens (tertiary/aromatic N) is 1. The second-order valence-electron chi connectivity index (χ2n) is 7.60. The van der Waals surface area contributed by atoms with Crippen molar-refractivity contribution in [3.63, 3.8) is 0 Å². The van der Waals surface area contributed by atoms with Crippen LogP contribution < -0.4 is 19.9 Å². The third-order valence-corrected chi connectivity index (χ3v) is 6.66. The largest absolute Gasteiger partial charge is 0.494 e. The summed E-state index contributed by atoms with van der Waals surface area (Å²) in [5, 5.41) is 8.67. The van der Waals surface area contributed by atoms with Gasteiger partial charge < -0.3 is 29.8 Å². The Bertz CT molecular complexity index is 1400. The summed E-state index contributed by atoms with van der Waals surface area (Å²) >= 11 is 6.39. The number of nitrogens with two attached hydrogens (primary N) is 1. The number of ether oxygens (including phenoxy) is 4. The summed E-state index contributed by atoms with van der Waals surface area (Å²) in [6.07, 6.45) is 0. The number of amidine groups is 1. The van der Waals surface area contributed by atoms with E-state index in [1.54, 1.807) is 12.1 Å². The molecule has 0 bridgehead atoms. The van der Waals surface area contributed by atoms with Gasteiger partial charge in [-0.15, -0.1) is 0 Å². The van der Waals surface area contributed by atoms with Crippen LogP contribution in [0.25, 0.3) is 0 Å². The Balaban J connectivity index is 0.000000200. The Hall–Kier alpha value is -3.38. The summed E-state index contributed by atoms with van der Waals surface area (Å²) in [6, 6.07) is 10.7. The Kier molecular flexibility index (Phi) is 7.10. The molecule has 2 heterocycles. The number of aromatic carboxylic acids is 1. The van der Waals surface area contributed by atoms with Gasteiger partial charge in [-0.25, -0.2) is 18.6 Å². The number of hydrogen-bond acceptors (Lipinski definition) is 7. The molecule has 188 valence electrons. The molecule has 3 aromatic rings. The minimum atomic E-state index is -1.13. The molecule has 36 heavy (non-hydrogen) atoms. The van der Waals surface area contributed by atoms with E-state index in [9.17, 15) is 13.6 Å². The maximum atomic E-state index is 14.1. The predicted molar refractivity (Wildman–Crippen MR) is 133 cm³/mol. The highest BCUT2D eigenvalue weighted by atomic mass is 79.9. The minimum absolute atomic E-state index is 0.0294. The van der Waals surface area contributed by atoms with Crippen LogP contribution in [0.15, 0.2) is 56.4 Å². The van der Waals surface area contributed by atoms with Crippen molar-refractivity contribution in [2.45, 2.75) is 5.54 Å². The van der Waals surface area contributed by atoms with E-state index in [1.165, 1.54) is 20.3 Å². The van der Waals surface area contributed by atoms with Gasteiger partial charge in [0.2, 0.25) is 0 Å². The van der Waals surface area contributed by atoms with Crippen LogP contribution in [0.3, 0.4) is 0 Å². The summed E-state index contributed by atoms with van der Waals surface area (Å²) < 4.78 is 49.1. The lowest BCUT2D eigenvalue weighted by Gasteiger charge is -2.33. The van der Waals surface area contributed by atoms with Crippen molar-refractivity contribution in [1.29, 1.82) is 0 Å². The fourth-order valence-corrected chi connectivity index (χ4v) is 4.68. The van der Waals surface area contributed by atoms with E-state index in [0.717, 1.165) is 22.2 Å². The quantitative estimate of drug-likeness (QED) is 0.389. The number of halogens is 4. The van der Waals surface area contributed by atoms with Gasteiger partial charge in [-0.2, -0.15) is 0 Å². The van der Waals surface area contributed by atoms with Gasteiger partial charge >= 0.3 is 5.97 Å². The third-order valence-electron chi connectivity index (χ3n) is 5.51. The smallest absolute Gasteiger partial charge is 0.336 e. The Labute approximate surface area is 220 Å². The van der Waals surface area contributed by atoms with Crippen LogP contribution in [0.2, 0.25) is 0 Å². The average molecular weight is 628 g/mol. The summed E-state index contributed by atoms with van der Waals surface area (Å²) in [5.74, 6) is -1.23. The predicted octanol–water partition coefficient (Wildman–Crippen LogP) is 5.59. The topological polar surface area (TPSA) is 113 Å². The number of carbonyl (C=O) groups is 1. The van der Waals surface area contributed by atoms with Crippen molar-refractivity contribution in [1.82, 2.24) is 0 Å². The molecule has 3 aromatic carbocycles. The number of carboxylic acid groups (broad SMARTS) is 1. The first-order valence-corrected chi connectivity index (χ1v) is 11.8. The lowest BCUT2D eigenvalue weighted by Crippen LogP contribution is -2.31. The zero-order valence-electron chi connectivity index (χ0n) is 18.8. The molecule has 1 unspecified atom stereocenters. The lowest BCUT2D eigenvalue weighted by molar-refractivity contribution is 0.0695. The molecular weight excluding hydrogens is 610 g/mol. The van der Waals surface area contributed by atoms with Crippen LogP contribution in [-0.2, 0) is 10.3 Å². The molecule has 5 rings (SSSR count). The second-order valence-corrected chi connectivity index (χ2v) is 9.37. The average Bonchev–Trinajstić information content (AvgIpc) is 3.22. The Morgan fingerprint density at radius 1 is 1.03 bits per heavy atom. The molecule has 0 aliphatic carbocycles. The molecule has 3 N–H and O–H groups in total. The summed E-state index contributed by atoms with van der Waals surface area (Å²) in [6.45, 7) is 0.216. The van der Waals surface area contributed by atoms with E-state index in [2.05, 4.69) is 41.6 Å². The number of benzene rings is 3. The number of fused-ring (bicyclic) bond motifs is 4. The van der Waals surface area contributed by atoms with Crippen molar-refractivity contribution in [2.24, 2.45) is 10.7 Å². The van der Waals surface area contributed by atoms with Crippen molar-refractivity contribution in [3.05, 3.63) is 79.7 Å². The first-order valence-electron chi connectivity index (χ1n) is 10.2. The molecule has 1 spiro atoms. The monoisotopic (exact) mass is 626 g/mol. The number of methoxy groups -OCH3 is 2. The maximum absolute atomic E-state index is 14.1. The first-order chi connectivity index (χ1) is 17.1. The standard InChI is InChI=1S/C16H12BrFN2O3.C8H6BrFO3/c1-21-14-5-10-13(6-11(14)18)23-12-3-2-8(17)4-9(12)16(10)7-22-15(19)20-16;1-13-7-2-4(8(11)12)5(9)3-6(7)10/h2-6H,7H2,1H3,(H2,19,20);2-3H,1H3,(H,11,12). The normalized spacial score (nSPS) is 17.0. The molecule has 12 heteroatoms. The summed E-state index contributed by atoms with van der Waals surface area (Å²) in [7, 11) is 2.69. The van der Waals surface area contributed by atoms with Gasteiger partial charge in [-0.05, 0) is 52.3 Å². The van der Waals surface area contributed by atoms with Gasteiger partial charge in [0.25, 0.3) is 6.02 Å². The van der Waals surface area contributed by atoms with Crippen molar-refractivity contribution >= 4 is 43.9 Å². The van der Waals surface area contributed by atoms with E-state index in [-0.39, 0.29) is 34.2 Å². The summed E-state index contributed by atoms with van der Waals surface area (Å²) in [5.41, 5.74) is 6.31. The van der Waals surface area contributed by atoms with E-state index >= 15 is 0 Å². The van der Waals surface area contributed by atoms with Crippen LogP contribution in [0, 0.1) is 11.6 Å². The van der Waals surface area contributed by atoms with Crippen molar-refractivity contribution in [2.75, 3.05) is 20.8 Å². The zero-order valence-corrected chi connectivity index (χ0v) is 21.9. The van der Waals surface area contributed by atoms with Crippen LogP contribution in [0.1, 0.15) is 21.5 Å². The lowest BCUT2D eigenvalue weighted by atomic mass is 9.81. The van der Waals surface area contributed by atoms with Crippen LogP contribution in [-0.4, -0.2) is 37.9 Å². The van der Waals surface area contributed by atoms with Gasteiger partial charge in [0.05, 0.1) is 19.8 Å². The van der Waals surface area contributed by atoms with E-state index in [0.29, 0.717) is 17.1 Å². The van der Waals surface area contributed by atoms with Crippen molar-refractivity contribution < 1.29 is 37.6 Å². The first kappa shape index (κ1) is 25.7. The number of aliphatic imine (C=N–C) groups is 1. The van der Waals surface area contributed by atoms with Crippen molar-refractivity contribution in [3.8, 4) is 23.0 Å². The van der Waals surface area contributed by atoms with Gasteiger partial charge in [-0.1, -0.05) is 15.9 Å². The Morgan fingerprint density at radius 2 is 1.67 bits per heavy atom. The van der Waals surface area contributed by atoms with Crippen LogP contribution in [0.5, 0.6) is 23.0 Å². The number of hydrogen-bond donors (Lipinski definition) is 2. The molecule has 0 saturated carbocycles. The number of rotatable bonds is 3. The fourth-order valence-electron chi connectivity index (χ4n) is 3.83. The minimum Gasteiger partial charge on any atom is -0.494 e. The fraction of sp³-hybridized carbons (Fsp3) is 0.167. The molecule has 1 atom stereocenters. The van der Waals surface area contributed by atoms with Crippen LogP contribution in [0.4, 0.5) is 8.78 Å². The molecule has 0 saturated heterocycles. The molecular formula is C24H18Br2F2N2O6. The molecule has 0 aromatic heterocycles. The molecule has 8 nitrogen and oxygen atoms in total. The molecule has 0 radical (unpaired) electrons. The number of carboxylic acids is 1. The van der Waals surface area contributed by atoms with Crippen LogP contribution >= 0.6 is 31.9 Å². The molecule has 0 fully saturated rings. The second kappa shape index (κ2) is 9.94. The summed E-state index contributed by atoms with van der Waals surface area (Å²) in [4.78, 5) is 15.1. The SMILES string of the molecule is COc1cc(C(=O)O)c(Br)cc1F.COc1cc2c(cc1F)Oc1ccc(Br)cc1C21COC(N)=N1. The zero-order chi connectivity index (χ0) is 26.2. The Morgan fingerprint density at radius 3 is 2.28 bits per heavy atom. The van der Waals surface area contributed by atoms with Gasteiger partial charge in [0.15, 0.2) is 28.7 Å². The maximum Gasteiger partial charge on any atom is 0.336 e. The van der Waals surface area contributed by atoms with E-state index < -0.39 is 23.1 Å². The van der Waals surface area contributed by atoms with Gasteiger partial charge in [0, 0.05) is 26.1 Å². The highest BCUT2D eigenvalue weighted by molar-refractivity contribution is 9.10. The van der Waals surface area contributed by atoms with Gasteiger partial charge in [0.1, 0.15) is 18.1 Å². The third kappa shape index (κ3) is 4.58. The highest BCUT2D eigenvalue weighted by Gasteiger charge is 2.47. The van der Waals surface area contributed by atoms with E-state index in [1.807, 2.05) is 12.1 Å². The van der Waals surface area contributed by atoms with E-state index in [4.69, 9.17) is 25.1 Å². The molecule has 0 amide bonds.